The molecule has 8 nitrogen and oxygen atoms in total. The van der Waals surface area contributed by atoms with Crippen LogP contribution in [0, 0.1) is 0 Å². The molecule has 1 aromatic carbocycles. The lowest BCUT2D eigenvalue weighted by Crippen LogP contribution is -2.60. The van der Waals surface area contributed by atoms with Gasteiger partial charge in [-0.25, -0.2) is 4.98 Å². The van der Waals surface area contributed by atoms with Gasteiger partial charge >= 0.3 is 6.18 Å². The Morgan fingerprint density at radius 3 is 2.50 bits per heavy atom. The number of alkyl halides is 3. The minimum absolute atomic E-state index is 0.0228. The molecule has 2 aliphatic rings. The number of benzene rings is 1. The van der Waals surface area contributed by atoms with Crippen molar-refractivity contribution in [2.24, 2.45) is 12.8 Å². The van der Waals surface area contributed by atoms with E-state index in [9.17, 15) is 18.3 Å². The summed E-state index contributed by atoms with van der Waals surface area (Å²) in [4.78, 5) is 6.30. The third-order valence-corrected chi connectivity index (χ3v) is 6.75. The molecule has 0 amide bonds. The van der Waals surface area contributed by atoms with E-state index in [1.807, 2.05) is 24.2 Å². The van der Waals surface area contributed by atoms with Gasteiger partial charge in [0.05, 0.1) is 12.4 Å². The van der Waals surface area contributed by atoms with Crippen LogP contribution in [0.3, 0.4) is 0 Å². The Labute approximate surface area is 194 Å². The first-order valence-corrected chi connectivity index (χ1v) is 11.3. The second kappa shape index (κ2) is 8.23. The minimum atomic E-state index is -4.46. The van der Waals surface area contributed by atoms with Gasteiger partial charge in [-0.2, -0.15) is 18.3 Å². The number of aromatic nitrogens is 5. The van der Waals surface area contributed by atoms with Crippen LogP contribution in [0.4, 0.5) is 19.1 Å². The molecule has 0 bridgehead atoms. The number of aryl methyl sites for hydroxylation is 1. The second-order valence-electron chi connectivity index (χ2n) is 9.32. The molecule has 3 N–H and O–H groups in total. The number of nitrogens with zero attached hydrogens (tertiary/aromatic N) is 6. The van der Waals surface area contributed by atoms with Crippen molar-refractivity contribution in [2.45, 2.75) is 62.3 Å². The number of aromatic hydroxyl groups is 1. The summed E-state index contributed by atoms with van der Waals surface area (Å²) in [6, 6.07) is 4.90. The summed E-state index contributed by atoms with van der Waals surface area (Å²) in [5.74, 6) is 0.323. The lowest BCUT2D eigenvalue weighted by Gasteiger charge is -2.43. The summed E-state index contributed by atoms with van der Waals surface area (Å²) in [5.41, 5.74) is 6.11. The van der Waals surface area contributed by atoms with E-state index in [0.717, 1.165) is 24.0 Å². The Hall–Kier alpha value is -3.21. The SMILES string of the molecule is Cn1cc(-c2ccc(-c3cnc(N(C4CC4)[C@H]4CCC[C@](N)(C(F)(F)F)C4)nn3)c(O)c2)cn1. The van der Waals surface area contributed by atoms with E-state index in [1.165, 1.54) is 6.20 Å². The van der Waals surface area contributed by atoms with Gasteiger partial charge in [-0.05, 0) is 56.2 Å². The van der Waals surface area contributed by atoms with Gasteiger partial charge in [-0.15, -0.1) is 10.2 Å². The Morgan fingerprint density at radius 2 is 1.91 bits per heavy atom. The quantitative estimate of drug-likeness (QED) is 0.580. The van der Waals surface area contributed by atoms with E-state index in [2.05, 4.69) is 20.3 Å². The molecule has 2 aromatic heterocycles. The van der Waals surface area contributed by atoms with Crippen molar-refractivity contribution in [3.8, 4) is 28.1 Å². The van der Waals surface area contributed by atoms with Crippen LogP contribution in [0.2, 0.25) is 0 Å². The molecule has 2 fully saturated rings. The molecule has 2 heterocycles. The molecule has 34 heavy (non-hydrogen) atoms. The predicted octanol–water partition coefficient (Wildman–Crippen LogP) is 3.82. The molecule has 2 aliphatic carbocycles. The third kappa shape index (κ3) is 4.20. The van der Waals surface area contributed by atoms with Gasteiger partial charge in [0.15, 0.2) is 0 Å². The van der Waals surface area contributed by atoms with Crippen LogP contribution in [-0.2, 0) is 7.05 Å². The van der Waals surface area contributed by atoms with E-state index in [4.69, 9.17) is 5.73 Å². The van der Waals surface area contributed by atoms with Crippen molar-refractivity contribution in [3.05, 3.63) is 36.8 Å². The average molecular weight is 474 g/mol. The van der Waals surface area contributed by atoms with Crippen LogP contribution < -0.4 is 10.6 Å². The summed E-state index contributed by atoms with van der Waals surface area (Å²) >= 11 is 0. The number of hydrogen-bond donors (Lipinski definition) is 2. The minimum Gasteiger partial charge on any atom is -0.507 e. The molecule has 2 saturated carbocycles. The maximum absolute atomic E-state index is 13.6. The summed E-state index contributed by atoms with van der Waals surface area (Å²) < 4.78 is 42.4. The summed E-state index contributed by atoms with van der Waals surface area (Å²) in [5, 5.41) is 23.2. The topological polar surface area (TPSA) is 106 Å². The van der Waals surface area contributed by atoms with E-state index in [-0.39, 0.29) is 24.6 Å². The zero-order valence-corrected chi connectivity index (χ0v) is 18.7. The highest BCUT2D eigenvalue weighted by molar-refractivity contribution is 5.73. The predicted molar refractivity (Wildman–Crippen MR) is 120 cm³/mol. The van der Waals surface area contributed by atoms with Crippen LogP contribution >= 0.6 is 0 Å². The molecule has 0 saturated heterocycles. The van der Waals surface area contributed by atoms with Crippen LogP contribution in [0.25, 0.3) is 22.4 Å². The third-order valence-electron chi connectivity index (χ3n) is 6.75. The zero-order valence-electron chi connectivity index (χ0n) is 18.7. The maximum atomic E-state index is 13.6. The largest absolute Gasteiger partial charge is 0.507 e. The summed E-state index contributed by atoms with van der Waals surface area (Å²) in [7, 11) is 1.81. The molecular formula is C23H26F3N7O. The van der Waals surface area contributed by atoms with Crippen LogP contribution in [0.1, 0.15) is 38.5 Å². The monoisotopic (exact) mass is 473 g/mol. The smallest absolute Gasteiger partial charge is 0.406 e. The van der Waals surface area contributed by atoms with Crippen molar-refractivity contribution in [1.29, 1.82) is 0 Å². The van der Waals surface area contributed by atoms with Gasteiger partial charge in [0.25, 0.3) is 0 Å². The van der Waals surface area contributed by atoms with E-state index in [1.54, 1.807) is 23.0 Å². The highest BCUT2D eigenvalue weighted by Crippen LogP contribution is 2.44. The van der Waals surface area contributed by atoms with Gasteiger partial charge < -0.3 is 15.7 Å². The first kappa shape index (κ1) is 22.6. The first-order chi connectivity index (χ1) is 16.1. The van der Waals surface area contributed by atoms with Gasteiger partial charge in [0, 0.05) is 36.5 Å². The molecular weight excluding hydrogens is 447 g/mol. The molecule has 5 rings (SSSR count). The Kier molecular flexibility index (Phi) is 5.46. The molecule has 3 aromatic rings. The number of nitrogens with two attached hydrogens (primary N) is 1. The number of phenols is 1. The highest BCUT2D eigenvalue weighted by atomic mass is 19.4. The molecule has 0 unspecified atom stereocenters. The fourth-order valence-electron chi connectivity index (χ4n) is 4.76. The van der Waals surface area contributed by atoms with Crippen molar-refractivity contribution >= 4 is 5.95 Å². The summed E-state index contributed by atoms with van der Waals surface area (Å²) in [6.07, 6.45) is 3.09. The Balaban J connectivity index is 1.38. The van der Waals surface area contributed by atoms with Gasteiger partial charge in [0.1, 0.15) is 17.0 Å². The summed E-state index contributed by atoms with van der Waals surface area (Å²) in [6.45, 7) is 0. The number of anilines is 1. The Bertz CT molecular complexity index is 1180. The first-order valence-electron chi connectivity index (χ1n) is 11.3. The maximum Gasteiger partial charge on any atom is 0.406 e. The zero-order chi connectivity index (χ0) is 24.1. The molecule has 0 radical (unpaired) electrons. The normalized spacial score (nSPS) is 23.1. The van der Waals surface area contributed by atoms with Crippen LogP contribution in [0.15, 0.2) is 36.8 Å². The fourth-order valence-corrected chi connectivity index (χ4v) is 4.76. The fraction of sp³-hybridized carbons (Fsp3) is 0.478. The molecule has 2 atom stereocenters. The highest BCUT2D eigenvalue weighted by Gasteiger charge is 2.55. The standard InChI is InChI=1S/C23H26F3N7O/c1-32-13-15(11-29-32)14-4-7-18(20(34)9-14)19-12-28-21(31-30-19)33(16-5-6-16)17-3-2-8-22(27,10-17)23(24,25)26/h4,7,9,11-13,16-17,34H,2-3,5-6,8,10,27H2,1H3/t17-,22+/m0/s1. The number of rotatable bonds is 5. The van der Waals surface area contributed by atoms with E-state index < -0.39 is 17.8 Å². The lowest BCUT2D eigenvalue weighted by molar-refractivity contribution is -0.195. The number of phenolic OH excluding ortho intramolecular Hbond substituents is 1. The molecule has 0 aliphatic heterocycles. The molecule has 0 spiro atoms. The van der Waals surface area contributed by atoms with Crippen LogP contribution in [0.5, 0.6) is 5.75 Å². The van der Waals surface area contributed by atoms with Crippen molar-refractivity contribution in [2.75, 3.05) is 4.90 Å². The van der Waals surface area contributed by atoms with Gasteiger partial charge in [-0.1, -0.05) is 6.07 Å². The number of hydrogen-bond acceptors (Lipinski definition) is 7. The van der Waals surface area contributed by atoms with Gasteiger partial charge in [0.2, 0.25) is 5.95 Å². The molecule has 180 valence electrons. The lowest BCUT2D eigenvalue weighted by atomic mass is 9.78. The van der Waals surface area contributed by atoms with Crippen molar-refractivity contribution < 1.29 is 18.3 Å². The number of halogens is 3. The average Bonchev–Trinajstić information content (AvgIpc) is 3.52. The van der Waals surface area contributed by atoms with E-state index >= 15 is 0 Å². The van der Waals surface area contributed by atoms with Crippen molar-refractivity contribution in [1.82, 2.24) is 25.0 Å². The second-order valence-corrected chi connectivity index (χ2v) is 9.32. The Morgan fingerprint density at radius 1 is 1.12 bits per heavy atom. The van der Waals surface area contributed by atoms with Crippen molar-refractivity contribution in [3.63, 3.8) is 0 Å². The van der Waals surface area contributed by atoms with Gasteiger partial charge in [-0.3, -0.25) is 4.68 Å². The van der Waals surface area contributed by atoms with Crippen LogP contribution in [-0.4, -0.2) is 53.9 Å². The van der Waals surface area contributed by atoms with E-state index in [0.29, 0.717) is 30.0 Å². The molecule has 11 heteroatoms.